The predicted molar refractivity (Wildman–Crippen MR) is 83.3 cm³/mol. The molecule has 0 atom stereocenters. The largest absolute Gasteiger partial charge is 0.322 e. The first-order valence-corrected chi connectivity index (χ1v) is 6.79. The van der Waals surface area contributed by atoms with Crippen LogP contribution < -0.4 is 10.6 Å². The molecule has 0 aliphatic carbocycles. The molecule has 0 fully saturated rings. The van der Waals surface area contributed by atoms with Gasteiger partial charge in [-0.3, -0.25) is 4.79 Å². The Kier molecular flexibility index (Phi) is 4.77. The van der Waals surface area contributed by atoms with Crippen molar-refractivity contribution in [3.63, 3.8) is 0 Å². The molecule has 0 spiro atoms. The van der Waals surface area contributed by atoms with Crippen molar-refractivity contribution >= 4 is 23.2 Å². The van der Waals surface area contributed by atoms with Gasteiger partial charge in [0.25, 0.3) is 5.91 Å². The highest BCUT2D eigenvalue weighted by atomic mass is 35.5. The van der Waals surface area contributed by atoms with E-state index in [0.717, 1.165) is 23.4 Å². The molecular formula is C16H17ClN2O. The van der Waals surface area contributed by atoms with Crippen molar-refractivity contribution in [1.82, 2.24) is 5.32 Å². The molecule has 0 aliphatic rings. The number of nitrogens with one attached hydrogen (secondary N) is 2. The van der Waals surface area contributed by atoms with Gasteiger partial charge in [-0.25, -0.2) is 0 Å². The van der Waals surface area contributed by atoms with Gasteiger partial charge in [0.2, 0.25) is 0 Å². The normalized spacial score (nSPS) is 10.3. The van der Waals surface area contributed by atoms with Crippen LogP contribution in [0.1, 0.15) is 21.5 Å². The number of anilines is 1. The first-order chi connectivity index (χ1) is 9.61. The minimum absolute atomic E-state index is 0.147. The summed E-state index contributed by atoms with van der Waals surface area (Å²) in [5.41, 5.74) is 3.28. The van der Waals surface area contributed by atoms with Gasteiger partial charge in [0.1, 0.15) is 0 Å². The van der Waals surface area contributed by atoms with Gasteiger partial charge >= 0.3 is 0 Å². The van der Waals surface area contributed by atoms with E-state index in [2.05, 4.69) is 10.6 Å². The fourth-order valence-electron chi connectivity index (χ4n) is 2.02. The van der Waals surface area contributed by atoms with Gasteiger partial charge in [0.05, 0.1) is 0 Å². The van der Waals surface area contributed by atoms with E-state index in [1.54, 1.807) is 18.2 Å². The average Bonchev–Trinajstić information content (AvgIpc) is 2.42. The lowest BCUT2D eigenvalue weighted by molar-refractivity contribution is 0.102. The summed E-state index contributed by atoms with van der Waals surface area (Å²) >= 11 is 6.04. The van der Waals surface area contributed by atoms with Gasteiger partial charge in [-0.05, 0) is 49.4 Å². The van der Waals surface area contributed by atoms with Crippen LogP contribution in [-0.2, 0) is 6.54 Å². The average molecular weight is 289 g/mol. The highest BCUT2D eigenvalue weighted by Crippen LogP contribution is 2.20. The Morgan fingerprint density at radius 3 is 2.70 bits per heavy atom. The molecule has 20 heavy (non-hydrogen) atoms. The molecule has 1 amide bonds. The molecule has 0 unspecified atom stereocenters. The smallest absolute Gasteiger partial charge is 0.255 e. The molecule has 0 radical (unpaired) electrons. The molecule has 0 bridgehead atoms. The minimum Gasteiger partial charge on any atom is -0.322 e. The maximum atomic E-state index is 12.3. The molecule has 2 aromatic rings. The van der Waals surface area contributed by atoms with Gasteiger partial charge in [-0.15, -0.1) is 0 Å². The SMILES string of the molecule is CNCc1cccc(NC(=O)c2cccc(Cl)c2C)c1. The van der Waals surface area contributed by atoms with Gasteiger partial charge in [0, 0.05) is 22.8 Å². The molecule has 0 aliphatic heterocycles. The fourth-order valence-corrected chi connectivity index (χ4v) is 2.19. The van der Waals surface area contributed by atoms with E-state index in [1.165, 1.54) is 0 Å². The molecule has 0 aromatic heterocycles. The Morgan fingerprint density at radius 1 is 1.20 bits per heavy atom. The maximum absolute atomic E-state index is 12.3. The fraction of sp³-hybridized carbons (Fsp3) is 0.188. The van der Waals surface area contributed by atoms with Gasteiger partial charge in [0.15, 0.2) is 0 Å². The summed E-state index contributed by atoms with van der Waals surface area (Å²) in [5.74, 6) is -0.147. The summed E-state index contributed by atoms with van der Waals surface area (Å²) in [6.07, 6.45) is 0. The third-order valence-corrected chi connectivity index (χ3v) is 3.49. The van der Waals surface area contributed by atoms with Crippen molar-refractivity contribution in [3.05, 3.63) is 64.2 Å². The van der Waals surface area contributed by atoms with Crippen LogP contribution in [0.3, 0.4) is 0 Å². The van der Waals surface area contributed by atoms with Crippen LogP contribution in [0.15, 0.2) is 42.5 Å². The number of carbonyl (C=O) groups excluding carboxylic acids is 1. The Balaban J connectivity index is 2.19. The second-order valence-corrected chi connectivity index (χ2v) is 5.00. The molecule has 104 valence electrons. The van der Waals surface area contributed by atoms with Crippen molar-refractivity contribution in [1.29, 1.82) is 0 Å². The Labute approximate surface area is 124 Å². The Bertz CT molecular complexity index is 626. The van der Waals surface area contributed by atoms with Crippen LogP contribution in [0.5, 0.6) is 0 Å². The molecule has 0 saturated carbocycles. The highest BCUT2D eigenvalue weighted by Gasteiger charge is 2.11. The third kappa shape index (κ3) is 3.38. The standard InChI is InChI=1S/C16H17ClN2O/c1-11-14(7-4-8-15(11)17)16(20)19-13-6-3-5-12(9-13)10-18-2/h3-9,18H,10H2,1-2H3,(H,19,20). The summed E-state index contributed by atoms with van der Waals surface area (Å²) in [4.78, 5) is 12.3. The summed E-state index contributed by atoms with van der Waals surface area (Å²) in [6.45, 7) is 2.61. The summed E-state index contributed by atoms with van der Waals surface area (Å²) in [7, 11) is 1.89. The summed E-state index contributed by atoms with van der Waals surface area (Å²) in [6, 6.07) is 13.1. The van der Waals surface area contributed by atoms with Crippen LogP contribution in [0.4, 0.5) is 5.69 Å². The monoisotopic (exact) mass is 288 g/mol. The molecule has 4 heteroatoms. The van der Waals surface area contributed by atoms with Crippen molar-refractivity contribution in [2.75, 3.05) is 12.4 Å². The van der Waals surface area contributed by atoms with Crippen molar-refractivity contribution in [2.45, 2.75) is 13.5 Å². The second kappa shape index (κ2) is 6.55. The van der Waals surface area contributed by atoms with Crippen LogP contribution in [0.25, 0.3) is 0 Å². The predicted octanol–water partition coefficient (Wildman–Crippen LogP) is 3.62. The maximum Gasteiger partial charge on any atom is 0.255 e. The molecular weight excluding hydrogens is 272 g/mol. The van der Waals surface area contributed by atoms with Gasteiger partial charge < -0.3 is 10.6 Å². The van der Waals surface area contributed by atoms with Crippen LogP contribution in [0, 0.1) is 6.92 Å². The van der Waals surface area contributed by atoms with E-state index in [9.17, 15) is 4.79 Å². The topological polar surface area (TPSA) is 41.1 Å². The van der Waals surface area contributed by atoms with E-state index in [-0.39, 0.29) is 5.91 Å². The Morgan fingerprint density at radius 2 is 1.95 bits per heavy atom. The zero-order valence-electron chi connectivity index (χ0n) is 11.5. The zero-order chi connectivity index (χ0) is 14.5. The molecule has 3 nitrogen and oxygen atoms in total. The second-order valence-electron chi connectivity index (χ2n) is 4.60. The molecule has 0 heterocycles. The number of halogens is 1. The van der Waals surface area contributed by atoms with E-state index < -0.39 is 0 Å². The highest BCUT2D eigenvalue weighted by molar-refractivity contribution is 6.32. The number of carbonyl (C=O) groups is 1. The molecule has 2 aromatic carbocycles. The number of hydrogen-bond acceptors (Lipinski definition) is 2. The summed E-state index contributed by atoms with van der Waals surface area (Å²) in [5, 5.41) is 6.58. The van der Waals surface area contributed by atoms with Crippen molar-refractivity contribution in [2.24, 2.45) is 0 Å². The van der Waals surface area contributed by atoms with Crippen LogP contribution in [0.2, 0.25) is 5.02 Å². The number of benzene rings is 2. The lowest BCUT2D eigenvalue weighted by Crippen LogP contribution is -2.14. The van der Waals surface area contributed by atoms with Gasteiger partial charge in [-0.1, -0.05) is 29.8 Å². The first kappa shape index (κ1) is 14.6. The van der Waals surface area contributed by atoms with E-state index in [4.69, 9.17) is 11.6 Å². The third-order valence-electron chi connectivity index (χ3n) is 3.08. The number of amides is 1. The van der Waals surface area contributed by atoms with E-state index >= 15 is 0 Å². The van der Waals surface area contributed by atoms with Crippen molar-refractivity contribution < 1.29 is 4.79 Å². The lowest BCUT2D eigenvalue weighted by atomic mass is 10.1. The van der Waals surface area contributed by atoms with E-state index in [1.807, 2.05) is 38.2 Å². The molecule has 0 saturated heterocycles. The number of hydrogen-bond donors (Lipinski definition) is 2. The lowest BCUT2D eigenvalue weighted by Gasteiger charge is -2.10. The van der Waals surface area contributed by atoms with E-state index in [0.29, 0.717) is 10.6 Å². The minimum atomic E-state index is -0.147. The molecule has 2 rings (SSSR count). The Hall–Kier alpha value is -1.84. The molecule has 2 N–H and O–H groups in total. The van der Waals surface area contributed by atoms with Gasteiger partial charge in [-0.2, -0.15) is 0 Å². The summed E-state index contributed by atoms with van der Waals surface area (Å²) < 4.78 is 0. The first-order valence-electron chi connectivity index (χ1n) is 6.42. The van der Waals surface area contributed by atoms with Crippen molar-refractivity contribution in [3.8, 4) is 0 Å². The van der Waals surface area contributed by atoms with Crippen LogP contribution >= 0.6 is 11.6 Å². The number of rotatable bonds is 4. The zero-order valence-corrected chi connectivity index (χ0v) is 12.3. The van der Waals surface area contributed by atoms with Crippen LogP contribution in [-0.4, -0.2) is 13.0 Å². The quantitative estimate of drug-likeness (QED) is 0.902.